The SMILES string of the molecule is Cc1c([N+](=O)[O-])cc(C(N)=O)nc1C(F)F. The van der Waals surface area contributed by atoms with Crippen LogP contribution in [0.1, 0.15) is 28.2 Å². The van der Waals surface area contributed by atoms with Crippen LogP contribution >= 0.6 is 0 Å². The van der Waals surface area contributed by atoms with Gasteiger partial charge in [0.05, 0.1) is 10.5 Å². The van der Waals surface area contributed by atoms with Crippen molar-refractivity contribution in [3.63, 3.8) is 0 Å². The molecule has 0 aliphatic rings. The number of rotatable bonds is 3. The number of carbonyl (C=O) groups is 1. The average Bonchev–Trinajstić information content (AvgIpc) is 2.16. The van der Waals surface area contributed by atoms with E-state index in [1.54, 1.807) is 0 Å². The van der Waals surface area contributed by atoms with Crippen molar-refractivity contribution in [1.82, 2.24) is 4.98 Å². The summed E-state index contributed by atoms with van der Waals surface area (Å²) in [4.78, 5) is 23.7. The Hall–Kier alpha value is -2.12. The number of nitrogens with zero attached hydrogens (tertiary/aromatic N) is 2. The van der Waals surface area contributed by atoms with Crippen LogP contribution in [-0.2, 0) is 0 Å². The van der Waals surface area contributed by atoms with E-state index < -0.39 is 34.3 Å². The van der Waals surface area contributed by atoms with Crippen molar-refractivity contribution in [3.05, 3.63) is 33.1 Å². The standard InChI is InChI=1S/C8H7F2N3O3/c1-3-5(13(15)16)2-4(8(11)14)12-6(3)7(9)10/h2,7H,1H3,(H2,11,14). The maximum atomic E-state index is 12.5. The molecule has 0 aliphatic heterocycles. The summed E-state index contributed by atoms with van der Waals surface area (Å²) in [7, 11) is 0. The third-order valence-electron chi connectivity index (χ3n) is 1.94. The van der Waals surface area contributed by atoms with Gasteiger partial charge in [0, 0.05) is 6.07 Å². The number of halogens is 2. The number of nitrogens with two attached hydrogens (primary N) is 1. The molecule has 1 amide bonds. The van der Waals surface area contributed by atoms with E-state index in [1.165, 1.54) is 0 Å². The lowest BCUT2D eigenvalue weighted by molar-refractivity contribution is -0.385. The van der Waals surface area contributed by atoms with E-state index in [0.717, 1.165) is 13.0 Å². The highest BCUT2D eigenvalue weighted by atomic mass is 19.3. The third-order valence-corrected chi connectivity index (χ3v) is 1.94. The Bertz CT molecular complexity index is 462. The van der Waals surface area contributed by atoms with Crippen LogP contribution in [0, 0.1) is 17.0 Å². The van der Waals surface area contributed by atoms with Gasteiger partial charge in [-0.1, -0.05) is 0 Å². The van der Waals surface area contributed by atoms with Gasteiger partial charge in [0.1, 0.15) is 11.4 Å². The van der Waals surface area contributed by atoms with Crippen molar-refractivity contribution < 1.29 is 18.5 Å². The fraction of sp³-hybridized carbons (Fsp3) is 0.250. The van der Waals surface area contributed by atoms with Gasteiger partial charge in [-0.3, -0.25) is 14.9 Å². The highest BCUT2D eigenvalue weighted by Gasteiger charge is 2.24. The second kappa shape index (κ2) is 4.17. The molecule has 2 N–H and O–H groups in total. The quantitative estimate of drug-likeness (QED) is 0.626. The Morgan fingerprint density at radius 3 is 2.56 bits per heavy atom. The minimum Gasteiger partial charge on any atom is -0.364 e. The van der Waals surface area contributed by atoms with Gasteiger partial charge in [0.15, 0.2) is 0 Å². The summed E-state index contributed by atoms with van der Waals surface area (Å²) >= 11 is 0. The Morgan fingerprint density at radius 2 is 2.19 bits per heavy atom. The van der Waals surface area contributed by atoms with Crippen LogP contribution in [0.2, 0.25) is 0 Å². The molecule has 0 fully saturated rings. The number of primary amides is 1. The fourth-order valence-electron chi connectivity index (χ4n) is 1.14. The maximum absolute atomic E-state index is 12.5. The normalized spacial score (nSPS) is 10.5. The Morgan fingerprint density at radius 1 is 1.62 bits per heavy atom. The zero-order valence-corrected chi connectivity index (χ0v) is 8.11. The second-order valence-corrected chi connectivity index (χ2v) is 2.96. The molecule has 0 radical (unpaired) electrons. The lowest BCUT2D eigenvalue weighted by Gasteiger charge is -2.06. The molecule has 0 atom stereocenters. The van der Waals surface area contributed by atoms with Crippen LogP contribution < -0.4 is 5.73 Å². The number of nitro groups is 1. The topological polar surface area (TPSA) is 99.1 Å². The zero-order chi connectivity index (χ0) is 12.5. The van der Waals surface area contributed by atoms with Crippen LogP contribution in [0.3, 0.4) is 0 Å². The summed E-state index contributed by atoms with van der Waals surface area (Å²) in [5, 5.41) is 10.6. The molecule has 1 heterocycles. The predicted molar refractivity (Wildman–Crippen MR) is 49.1 cm³/mol. The molecule has 16 heavy (non-hydrogen) atoms. The number of alkyl halides is 2. The van der Waals surface area contributed by atoms with Crippen LogP contribution in [0.25, 0.3) is 0 Å². The summed E-state index contributed by atoms with van der Waals surface area (Å²) in [6.07, 6.45) is -3.00. The molecule has 0 aliphatic carbocycles. The van der Waals surface area contributed by atoms with E-state index in [4.69, 9.17) is 5.73 Å². The summed E-state index contributed by atoms with van der Waals surface area (Å²) in [6, 6.07) is 0.781. The van der Waals surface area contributed by atoms with E-state index in [2.05, 4.69) is 4.98 Å². The maximum Gasteiger partial charge on any atom is 0.280 e. The second-order valence-electron chi connectivity index (χ2n) is 2.96. The number of amides is 1. The highest BCUT2D eigenvalue weighted by Crippen LogP contribution is 2.28. The van der Waals surface area contributed by atoms with Gasteiger partial charge in [-0.15, -0.1) is 0 Å². The first-order valence-electron chi connectivity index (χ1n) is 4.08. The van der Waals surface area contributed by atoms with Crippen molar-refractivity contribution >= 4 is 11.6 Å². The summed E-state index contributed by atoms with van der Waals surface area (Å²) in [5.41, 5.74) is 2.61. The molecule has 0 saturated heterocycles. The Balaban J connectivity index is 3.51. The minimum atomic E-state index is -3.00. The smallest absolute Gasteiger partial charge is 0.280 e. The molecule has 0 bridgehead atoms. The number of aromatic nitrogens is 1. The molecule has 86 valence electrons. The molecule has 0 saturated carbocycles. The molecular formula is C8H7F2N3O3. The lowest BCUT2D eigenvalue weighted by atomic mass is 10.1. The number of pyridine rings is 1. The Labute approximate surface area is 88.2 Å². The predicted octanol–water partition coefficient (Wildman–Crippen LogP) is 1.33. The van der Waals surface area contributed by atoms with Gasteiger partial charge < -0.3 is 5.73 Å². The van der Waals surface area contributed by atoms with Gasteiger partial charge in [-0.2, -0.15) is 0 Å². The molecule has 0 unspecified atom stereocenters. The van der Waals surface area contributed by atoms with E-state index in [-0.39, 0.29) is 5.56 Å². The molecule has 8 heteroatoms. The Kier molecular flexibility index (Phi) is 3.11. The summed E-state index contributed by atoms with van der Waals surface area (Å²) < 4.78 is 25.0. The van der Waals surface area contributed by atoms with Crippen LogP contribution in [0.4, 0.5) is 14.5 Å². The molecular weight excluding hydrogens is 224 g/mol. The highest BCUT2D eigenvalue weighted by molar-refractivity contribution is 5.91. The van der Waals surface area contributed by atoms with Crippen LogP contribution in [0.5, 0.6) is 0 Å². The molecule has 0 spiro atoms. The molecule has 0 aromatic carbocycles. The van der Waals surface area contributed by atoms with Crippen molar-refractivity contribution in [2.24, 2.45) is 5.73 Å². The van der Waals surface area contributed by atoms with Gasteiger partial charge in [0.2, 0.25) is 0 Å². The molecule has 1 aromatic heterocycles. The first-order chi connectivity index (χ1) is 7.34. The van der Waals surface area contributed by atoms with Gasteiger partial charge in [0.25, 0.3) is 18.0 Å². The van der Waals surface area contributed by atoms with E-state index >= 15 is 0 Å². The van der Waals surface area contributed by atoms with Crippen LogP contribution in [-0.4, -0.2) is 15.8 Å². The monoisotopic (exact) mass is 231 g/mol. The number of hydrogen-bond acceptors (Lipinski definition) is 4. The van der Waals surface area contributed by atoms with Crippen molar-refractivity contribution in [2.75, 3.05) is 0 Å². The number of carbonyl (C=O) groups excluding carboxylic acids is 1. The largest absolute Gasteiger partial charge is 0.364 e. The van der Waals surface area contributed by atoms with E-state index in [0.29, 0.717) is 0 Å². The number of hydrogen-bond donors (Lipinski definition) is 1. The van der Waals surface area contributed by atoms with Gasteiger partial charge in [-0.25, -0.2) is 13.8 Å². The van der Waals surface area contributed by atoms with Crippen molar-refractivity contribution in [1.29, 1.82) is 0 Å². The van der Waals surface area contributed by atoms with E-state index in [9.17, 15) is 23.7 Å². The third kappa shape index (κ3) is 2.10. The van der Waals surface area contributed by atoms with Crippen molar-refractivity contribution in [2.45, 2.75) is 13.3 Å². The molecule has 1 aromatic rings. The summed E-state index contributed by atoms with van der Waals surface area (Å²) in [5.74, 6) is -1.09. The van der Waals surface area contributed by atoms with Crippen LogP contribution in [0.15, 0.2) is 6.07 Å². The molecule has 6 nitrogen and oxygen atoms in total. The first kappa shape index (κ1) is 12.0. The average molecular weight is 231 g/mol. The van der Waals surface area contributed by atoms with E-state index in [1.807, 2.05) is 0 Å². The van der Waals surface area contributed by atoms with Crippen molar-refractivity contribution in [3.8, 4) is 0 Å². The molecule has 1 rings (SSSR count). The van der Waals surface area contributed by atoms with Gasteiger partial charge >= 0.3 is 0 Å². The zero-order valence-electron chi connectivity index (χ0n) is 8.11. The summed E-state index contributed by atoms with van der Waals surface area (Å²) in [6.45, 7) is 1.14. The lowest BCUT2D eigenvalue weighted by Crippen LogP contribution is -2.15. The van der Waals surface area contributed by atoms with Gasteiger partial charge in [-0.05, 0) is 6.92 Å². The fourth-order valence-corrected chi connectivity index (χ4v) is 1.14. The first-order valence-corrected chi connectivity index (χ1v) is 4.08. The minimum absolute atomic E-state index is 0.273.